The van der Waals surface area contributed by atoms with E-state index in [-0.39, 0.29) is 0 Å². The van der Waals surface area contributed by atoms with Crippen LogP contribution in [0.4, 0.5) is 4.79 Å². The number of urea groups is 1. The summed E-state index contributed by atoms with van der Waals surface area (Å²) >= 11 is 7.43. The molecule has 0 aliphatic rings. The van der Waals surface area contributed by atoms with Crippen molar-refractivity contribution in [2.45, 2.75) is 12.6 Å². The summed E-state index contributed by atoms with van der Waals surface area (Å²) in [4.78, 5) is 26.6. The molecule has 7 heteroatoms. The molecule has 0 unspecified atom stereocenters. The zero-order valence-corrected chi connectivity index (χ0v) is 14.5. The van der Waals surface area contributed by atoms with E-state index in [0.29, 0.717) is 17.4 Å². The SMILES string of the molecule is C=CCN(Cc1ccc(Cl)s1)[C@H](C(=O)NC(N)=O)c1ccccc1. The van der Waals surface area contributed by atoms with E-state index in [4.69, 9.17) is 17.3 Å². The first-order chi connectivity index (χ1) is 11.5. The van der Waals surface area contributed by atoms with Gasteiger partial charge < -0.3 is 5.73 Å². The van der Waals surface area contributed by atoms with Gasteiger partial charge in [-0.25, -0.2) is 4.79 Å². The molecule has 0 saturated carbocycles. The fourth-order valence-electron chi connectivity index (χ4n) is 2.42. The highest BCUT2D eigenvalue weighted by molar-refractivity contribution is 7.16. The third kappa shape index (κ3) is 4.92. The maximum Gasteiger partial charge on any atom is 0.318 e. The lowest BCUT2D eigenvalue weighted by Gasteiger charge is -2.29. The minimum absolute atomic E-state index is 0.460. The first-order valence-electron chi connectivity index (χ1n) is 7.25. The van der Waals surface area contributed by atoms with Crippen molar-refractivity contribution < 1.29 is 9.59 Å². The maximum absolute atomic E-state index is 12.6. The molecule has 1 heterocycles. The van der Waals surface area contributed by atoms with Gasteiger partial charge in [0, 0.05) is 18.0 Å². The van der Waals surface area contributed by atoms with E-state index in [0.717, 1.165) is 10.4 Å². The molecule has 2 aromatic rings. The van der Waals surface area contributed by atoms with Crippen molar-refractivity contribution in [1.29, 1.82) is 0 Å². The summed E-state index contributed by atoms with van der Waals surface area (Å²) in [5.74, 6) is -0.474. The summed E-state index contributed by atoms with van der Waals surface area (Å²) < 4.78 is 0.682. The van der Waals surface area contributed by atoms with Crippen molar-refractivity contribution in [2.75, 3.05) is 6.54 Å². The molecule has 0 bridgehead atoms. The van der Waals surface area contributed by atoms with Gasteiger partial charge in [0.25, 0.3) is 0 Å². The van der Waals surface area contributed by atoms with Crippen molar-refractivity contribution in [2.24, 2.45) is 5.73 Å². The smallest absolute Gasteiger partial charge is 0.318 e. The Kier molecular flexibility index (Phi) is 6.54. The van der Waals surface area contributed by atoms with E-state index in [2.05, 4.69) is 11.9 Å². The predicted octanol–water partition coefficient (Wildman–Crippen LogP) is 3.33. The Bertz CT molecular complexity index is 718. The lowest BCUT2D eigenvalue weighted by atomic mass is 10.0. The second-order valence-electron chi connectivity index (χ2n) is 5.09. The molecule has 0 aliphatic heterocycles. The highest BCUT2D eigenvalue weighted by Gasteiger charge is 2.28. The van der Waals surface area contributed by atoms with Gasteiger partial charge in [0.2, 0.25) is 5.91 Å². The van der Waals surface area contributed by atoms with E-state index in [1.165, 1.54) is 11.3 Å². The molecule has 0 radical (unpaired) electrons. The highest BCUT2D eigenvalue weighted by Crippen LogP contribution is 2.27. The summed E-state index contributed by atoms with van der Waals surface area (Å²) in [5, 5.41) is 2.17. The molecular weight excluding hydrogens is 346 g/mol. The van der Waals surface area contributed by atoms with Gasteiger partial charge >= 0.3 is 6.03 Å². The number of imide groups is 1. The van der Waals surface area contributed by atoms with Gasteiger partial charge in [0.05, 0.1) is 4.34 Å². The molecule has 0 aliphatic carbocycles. The Morgan fingerprint density at radius 3 is 2.54 bits per heavy atom. The molecule has 2 rings (SSSR count). The summed E-state index contributed by atoms with van der Waals surface area (Å²) in [7, 11) is 0. The number of primary amides is 1. The molecule has 1 aromatic heterocycles. The number of nitrogens with one attached hydrogen (secondary N) is 1. The van der Waals surface area contributed by atoms with Crippen LogP contribution in [0.5, 0.6) is 0 Å². The van der Waals surface area contributed by atoms with Gasteiger partial charge in [0.1, 0.15) is 6.04 Å². The van der Waals surface area contributed by atoms with Crippen molar-refractivity contribution in [3.8, 4) is 0 Å². The first kappa shape index (κ1) is 18.2. The Balaban J connectivity index is 2.34. The van der Waals surface area contributed by atoms with Crippen molar-refractivity contribution in [1.82, 2.24) is 10.2 Å². The second kappa shape index (κ2) is 8.63. The third-order valence-electron chi connectivity index (χ3n) is 3.33. The minimum Gasteiger partial charge on any atom is -0.351 e. The zero-order chi connectivity index (χ0) is 17.5. The van der Waals surface area contributed by atoms with Crippen molar-refractivity contribution in [3.05, 3.63) is 69.9 Å². The topological polar surface area (TPSA) is 75.4 Å². The monoisotopic (exact) mass is 363 g/mol. The van der Waals surface area contributed by atoms with Crippen molar-refractivity contribution >= 4 is 34.9 Å². The number of nitrogens with zero attached hydrogens (tertiary/aromatic N) is 1. The number of hydrogen-bond acceptors (Lipinski definition) is 4. The Morgan fingerprint density at radius 1 is 1.29 bits per heavy atom. The molecule has 0 spiro atoms. The number of halogens is 1. The Labute approximate surface area is 149 Å². The van der Waals surface area contributed by atoms with Gasteiger partial charge in [-0.15, -0.1) is 17.9 Å². The van der Waals surface area contributed by atoms with Gasteiger partial charge in [0.15, 0.2) is 0 Å². The number of hydrogen-bond donors (Lipinski definition) is 2. The fraction of sp³-hybridized carbons (Fsp3) is 0.176. The molecule has 0 fully saturated rings. The fourth-order valence-corrected chi connectivity index (χ4v) is 3.53. The molecule has 3 amide bonds. The number of thiophene rings is 1. The van der Waals surface area contributed by atoms with Crippen LogP contribution in [0.25, 0.3) is 0 Å². The number of carbonyl (C=O) groups is 2. The van der Waals surface area contributed by atoms with Crippen LogP contribution in [0.2, 0.25) is 4.34 Å². The molecular formula is C17H18ClN3O2S. The van der Waals surface area contributed by atoms with Crippen LogP contribution >= 0.6 is 22.9 Å². The summed E-state index contributed by atoms with van der Waals surface area (Å²) in [6, 6.07) is 11.4. The third-order valence-corrected chi connectivity index (χ3v) is 4.54. The van der Waals surface area contributed by atoms with Gasteiger partial charge in [-0.3, -0.25) is 15.0 Å². The van der Waals surface area contributed by atoms with Crippen LogP contribution in [0, 0.1) is 0 Å². The summed E-state index contributed by atoms with van der Waals surface area (Å²) in [5.41, 5.74) is 5.88. The molecule has 5 nitrogen and oxygen atoms in total. The molecule has 1 atom stereocenters. The van der Waals surface area contributed by atoms with Crippen LogP contribution in [0.3, 0.4) is 0 Å². The Morgan fingerprint density at radius 2 is 2.00 bits per heavy atom. The van der Waals surface area contributed by atoms with E-state index >= 15 is 0 Å². The van der Waals surface area contributed by atoms with Gasteiger partial charge in [-0.1, -0.05) is 48.0 Å². The Hall–Kier alpha value is -2.15. The van der Waals surface area contributed by atoms with Crippen LogP contribution < -0.4 is 11.1 Å². The normalized spacial score (nSPS) is 11.9. The molecule has 24 heavy (non-hydrogen) atoms. The molecule has 126 valence electrons. The van der Waals surface area contributed by atoms with Gasteiger partial charge in [-0.05, 0) is 17.7 Å². The quantitative estimate of drug-likeness (QED) is 0.741. The predicted molar refractivity (Wildman–Crippen MR) is 96.8 cm³/mol. The van der Waals surface area contributed by atoms with Crippen LogP contribution in [0.1, 0.15) is 16.5 Å². The van der Waals surface area contributed by atoms with Crippen LogP contribution in [-0.2, 0) is 11.3 Å². The van der Waals surface area contributed by atoms with Gasteiger partial charge in [-0.2, -0.15) is 0 Å². The lowest BCUT2D eigenvalue weighted by Crippen LogP contribution is -2.44. The number of benzene rings is 1. The highest BCUT2D eigenvalue weighted by atomic mass is 35.5. The first-order valence-corrected chi connectivity index (χ1v) is 8.45. The van der Waals surface area contributed by atoms with Crippen molar-refractivity contribution in [3.63, 3.8) is 0 Å². The number of nitrogens with two attached hydrogens (primary N) is 1. The van der Waals surface area contributed by atoms with Crippen LogP contribution in [0.15, 0.2) is 55.1 Å². The number of carbonyl (C=O) groups excluding carboxylic acids is 2. The van der Waals surface area contributed by atoms with Crippen LogP contribution in [-0.4, -0.2) is 23.4 Å². The van der Waals surface area contributed by atoms with E-state index in [1.807, 2.05) is 47.4 Å². The average molecular weight is 364 g/mol. The average Bonchev–Trinajstić information content (AvgIpc) is 2.93. The number of amides is 3. The van der Waals surface area contributed by atoms with E-state index in [9.17, 15) is 9.59 Å². The maximum atomic E-state index is 12.6. The van der Waals surface area contributed by atoms with E-state index in [1.54, 1.807) is 6.08 Å². The minimum atomic E-state index is -0.876. The summed E-state index contributed by atoms with van der Waals surface area (Å²) in [6.45, 7) is 4.71. The number of rotatable bonds is 7. The molecule has 1 aromatic carbocycles. The van der Waals surface area contributed by atoms with E-state index < -0.39 is 18.0 Å². The largest absolute Gasteiger partial charge is 0.351 e. The summed E-state index contributed by atoms with van der Waals surface area (Å²) in [6.07, 6.45) is 1.71. The zero-order valence-electron chi connectivity index (χ0n) is 12.9. The standard InChI is InChI=1S/C17H18ClN3O2S/c1-2-10-21(11-13-8-9-14(18)24-13)15(16(22)20-17(19)23)12-6-4-3-5-7-12/h2-9,15H,1,10-11H2,(H3,19,20,22,23)/t15-/m0/s1. The lowest BCUT2D eigenvalue weighted by molar-refractivity contribution is -0.125. The molecule has 3 N–H and O–H groups in total. The molecule has 0 saturated heterocycles. The second-order valence-corrected chi connectivity index (χ2v) is 6.89.